The highest BCUT2D eigenvalue weighted by Gasteiger charge is 2.49. The predicted molar refractivity (Wildman–Crippen MR) is 119 cm³/mol. The number of hydrogen-bond donors (Lipinski definition) is 0. The second kappa shape index (κ2) is 9.68. The minimum absolute atomic E-state index is 0.0663. The fraction of sp³-hybridized carbons (Fsp3) is 0.696. The first-order valence-electron chi connectivity index (χ1n) is 11.1. The third kappa shape index (κ3) is 6.15. The van der Waals surface area contributed by atoms with E-state index in [1.54, 1.807) is 0 Å². The van der Waals surface area contributed by atoms with E-state index in [1.165, 1.54) is 6.92 Å². The average Bonchev–Trinajstić information content (AvgIpc) is 3.04. The second-order valence-electron chi connectivity index (χ2n) is 9.93. The SMILES string of the molecule is CC(=O)O[C@H]1C[C@@H]([C@@H]2O[C@H](C)OC[C@H]2O[Si](C)(C)C(C)(C)C)N(Cc2ccccc2)O1. The number of benzene rings is 1. The summed E-state index contributed by atoms with van der Waals surface area (Å²) in [6.07, 6.45) is -0.944. The summed E-state index contributed by atoms with van der Waals surface area (Å²) in [5, 5.41) is 1.95. The van der Waals surface area contributed by atoms with E-state index < -0.39 is 14.6 Å². The molecule has 5 atom stereocenters. The zero-order valence-electron chi connectivity index (χ0n) is 19.8. The van der Waals surface area contributed by atoms with Crippen LogP contribution in [0.4, 0.5) is 0 Å². The van der Waals surface area contributed by atoms with E-state index in [0.717, 1.165) is 5.56 Å². The van der Waals surface area contributed by atoms with Crippen molar-refractivity contribution in [3.8, 4) is 0 Å². The number of hydrogen-bond acceptors (Lipinski definition) is 7. The van der Waals surface area contributed by atoms with Gasteiger partial charge in [-0.15, -0.1) is 0 Å². The van der Waals surface area contributed by atoms with Gasteiger partial charge in [0.1, 0.15) is 6.10 Å². The van der Waals surface area contributed by atoms with Crippen LogP contribution in [0.3, 0.4) is 0 Å². The van der Waals surface area contributed by atoms with E-state index in [-0.39, 0.29) is 35.5 Å². The average molecular weight is 452 g/mol. The number of rotatable bonds is 6. The first-order chi connectivity index (χ1) is 14.5. The Kier molecular flexibility index (Phi) is 7.61. The van der Waals surface area contributed by atoms with Crippen molar-refractivity contribution in [1.82, 2.24) is 5.06 Å². The predicted octanol–water partition coefficient (Wildman–Crippen LogP) is 4.23. The topological polar surface area (TPSA) is 66.5 Å². The molecule has 7 nitrogen and oxygen atoms in total. The van der Waals surface area contributed by atoms with E-state index in [2.05, 4.69) is 46.0 Å². The van der Waals surface area contributed by atoms with Crippen molar-refractivity contribution in [2.75, 3.05) is 6.61 Å². The number of ether oxygens (including phenoxy) is 3. The summed E-state index contributed by atoms with van der Waals surface area (Å²) in [4.78, 5) is 17.6. The number of carbonyl (C=O) groups is 1. The molecule has 0 bridgehead atoms. The molecule has 0 radical (unpaired) electrons. The van der Waals surface area contributed by atoms with Crippen LogP contribution < -0.4 is 0 Å². The molecule has 1 aromatic carbocycles. The van der Waals surface area contributed by atoms with Gasteiger partial charge in [-0.05, 0) is 30.6 Å². The Morgan fingerprint density at radius 1 is 1.23 bits per heavy atom. The van der Waals surface area contributed by atoms with Gasteiger partial charge in [-0.3, -0.25) is 9.63 Å². The number of carbonyl (C=O) groups excluding carboxylic acids is 1. The van der Waals surface area contributed by atoms with Gasteiger partial charge in [-0.1, -0.05) is 51.1 Å². The van der Waals surface area contributed by atoms with Gasteiger partial charge < -0.3 is 18.6 Å². The molecule has 2 saturated heterocycles. The molecule has 3 rings (SSSR count). The molecule has 0 spiro atoms. The molecule has 0 saturated carbocycles. The van der Waals surface area contributed by atoms with Crippen molar-refractivity contribution in [1.29, 1.82) is 0 Å². The van der Waals surface area contributed by atoms with Gasteiger partial charge in [0.05, 0.1) is 18.8 Å². The fourth-order valence-corrected chi connectivity index (χ4v) is 5.04. The molecule has 2 aliphatic rings. The maximum atomic E-state index is 11.6. The lowest BCUT2D eigenvalue weighted by molar-refractivity contribution is -0.281. The molecule has 0 unspecified atom stereocenters. The molecule has 2 aliphatic heterocycles. The van der Waals surface area contributed by atoms with Crippen LogP contribution in [0.5, 0.6) is 0 Å². The molecule has 174 valence electrons. The van der Waals surface area contributed by atoms with Gasteiger partial charge in [0, 0.05) is 19.9 Å². The van der Waals surface area contributed by atoms with E-state index in [1.807, 2.05) is 30.2 Å². The van der Waals surface area contributed by atoms with Gasteiger partial charge in [-0.25, -0.2) is 0 Å². The Balaban J connectivity index is 1.84. The molecule has 0 amide bonds. The lowest BCUT2D eigenvalue weighted by Crippen LogP contribution is -2.57. The summed E-state index contributed by atoms with van der Waals surface area (Å²) in [6, 6.07) is 9.96. The summed E-state index contributed by atoms with van der Waals surface area (Å²) in [7, 11) is -2.05. The summed E-state index contributed by atoms with van der Waals surface area (Å²) in [5.74, 6) is -0.361. The normalized spacial score (nSPS) is 30.4. The Labute approximate surface area is 187 Å². The molecular weight excluding hydrogens is 414 g/mol. The fourth-order valence-electron chi connectivity index (χ4n) is 3.73. The minimum atomic E-state index is -2.05. The van der Waals surface area contributed by atoms with Gasteiger partial charge in [0.2, 0.25) is 6.29 Å². The summed E-state index contributed by atoms with van der Waals surface area (Å²) in [6.45, 7) is 15.4. The third-order valence-electron chi connectivity index (χ3n) is 6.38. The zero-order valence-corrected chi connectivity index (χ0v) is 20.8. The second-order valence-corrected chi connectivity index (χ2v) is 14.7. The van der Waals surface area contributed by atoms with Crippen LogP contribution in [-0.4, -0.2) is 56.8 Å². The lowest BCUT2D eigenvalue weighted by atomic mass is 10.0. The number of nitrogens with zero attached hydrogens (tertiary/aromatic N) is 1. The largest absolute Gasteiger partial charge is 0.434 e. The van der Waals surface area contributed by atoms with E-state index in [0.29, 0.717) is 19.6 Å². The van der Waals surface area contributed by atoms with Gasteiger partial charge in [0.25, 0.3) is 0 Å². The van der Waals surface area contributed by atoms with Crippen molar-refractivity contribution in [3.63, 3.8) is 0 Å². The van der Waals surface area contributed by atoms with E-state index >= 15 is 0 Å². The maximum absolute atomic E-state index is 11.6. The van der Waals surface area contributed by atoms with E-state index in [4.69, 9.17) is 23.5 Å². The maximum Gasteiger partial charge on any atom is 0.304 e. The summed E-state index contributed by atoms with van der Waals surface area (Å²) in [5.41, 5.74) is 1.11. The third-order valence-corrected chi connectivity index (χ3v) is 10.9. The molecule has 8 heteroatoms. The highest BCUT2D eigenvalue weighted by atomic mass is 28.4. The first kappa shape index (κ1) is 24.4. The van der Waals surface area contributed by atoms with Crippen LogP contribution >= 0.6 is 0 Å². The molecule has 2 fully saturated rings. The van der Waals surface area contributed by atoms with Crippen LogP contribution in [0.1, 0.15) is 46.6 Å². The van der Waals surface area contributed by atoms with Crippen molar-refractivity contribution >= 4 is 14.3 Å². The van der Waals surface area contributed by atoms with Crippen LogP contribution in [0.2, 0.25) is 18.1 Å². The molecule has 31 heavy (non-hydrogen) atoms. The van der Waals surface area contributed by atoms with Crippen LogP contribution in [0.25, 0.3) is 0 Å². The quantitative estimate of drug-likeness (QED) is 0.473. The standard InChI is InChI=1S/C23H37NO6Si/c1-16(25)27-21-13-19(24(29-21)14-18-11-9-8-10-12-18)22-20(15-26-17(2)28-22)30-31(6,7)23(3,4)5/h8-12,17,19-22H,13-15H2,1-7H3/t17-,19+,20-,21-,22+/m1/s1. The van der Waals surface area contributed by atoms with Crippen LogP contribution in [-0.2, 0) is 34.8 Å². The van der Waals surface area contributed by atoms with Gasteiger partial charge in [-0.2, -0.15) is 5.06 Å². The number of esters is 1. The highest BCUT2D eigenvalue weighted by molar-refractivity contribution is 6.74. The van der Waals surface area contributed by atoms with Gasteiger partial charge >= 0.3 is 5.97 Å². The Bertz CT molecular complexity index is 737. The van der Waals surface area contributed by atoms with Crippen LogP contribution in [0.15, 0.2) is 30.3 Å². The van der Waals surface area contributed by atoms with Gasteiger partial charge in [0.15, 0.2) is 14.6 Å². The lowest BCUT2D eigenvalue weighted by Gasteiger charge is -2.45. The monoisotopic (exact) mass is 451 g/mol. The molecule has 0 N–H and O–H groups in total. The smallest absolute Gasteiger partial charge is 0.304 e. The van der Waals surface area contributed by atoms with Crippen molar-refractivity contribution in [3.05, 3.63) is 35.9 Å². The Morgan fingerprint density at radius 3 is 2.52 bits per heavy atom. The van der Waals surface area contributed by atoms with E-state index in [9.17, 15) is 4.79 Å². The zero-order chi connectivity index (χ0) is 22.8. The summed E-state index contributed by atoms with van der Waals surface area (Å²) < 4.78 is 24.2. The van der Waals surface area contributed by atoms with Crippen LogP contribution in [0, 0.1) is 0 Å². The molecule has 1 aromatic rings. The Morgan fingerprint density at radius 2 is 1.90 bits per heavy atom. The molecule has 0 aromatic heterocycles. The van der Waals surface area contributed by atoms with Crippen molar-refractivity contribution in [2.45, 2.75) is 96.5 Å². The first-order valence-corrected chi connectivity index (χ1v) is 14.0. The minimum Gasteiger partial charge on any atom is -0.434 e. The van der Waals surface area contributed by atoms with Crippen molar-refractivity contribution < 1.29 is 28.3 Å². The molecule has 2 heterocycles. The Hall–Kier alpha value is -1.29. The number of hydroxylamine groups is 2. The van der Waals surface area contributed by atoms with Crippen molar-refractivity contribution in [2.24, 2.45) is 0 Å². The highest BCUT2D eigenvalue weighted by Crippen LogP contribution is 2.40. The molecule has 0 aliphatic carbocycles. The molecular formula is C23H37NO6Si. The summed E-state index contributed by atoms with van der Waals surface area (Å²) >= 11 is 0.